The predicted octanol–water partition coefficient (Wildman–Crippen LogP) is 2.14. The number of ether oxygens (including phenoxy) is 1. The Kier molecular flexibility index (Phi) is 4.99. The number of carbonyl (C=O) groups is 2. The highest BCUT2D eigenvalue weighted by molar-refractivity contribution is 5.80. The quantitative estimate of drug-likeness (QED) is 0.490. The number of allylic oxidation sites excluding steroid dienone is 1. The first kappa shape index (κ1) is 21.0. The number of fused-ring (bicyclic) bond motifs is 5. The maximum atomic E-state index is 12.3. The highest BCUT2D eigenvalue weighted by Crippen LogP contribution is 2.68. The lowest BCUT2D eigenvalue weighted by Gasteiger charge is -2.62. The van der Waals surface area contributed by atoms with Crippen LogP contribution in [0, 0.1) is 28.6 Å². The number of hydrogen-bond acceptors (Lipinski definition) is 6. The van der Waals surface area contributed by atoms with Gasteiger partial charge in [0.2, 0.25) is 0 Å². The minimum atomic E-state index is -1.13. The van der Waals surface area contributed by atoms with Crippen LogP contribution in [0.3, 0.4) is 0 Å². The lowest BCUT2D eigenvalue weighted by Crippen LogP contribution is -2.67. The van der Waals surface area contributed by atoms with Gasteiger partial charge in [0.15, 0.2) is 0 Å². The van der Waals surface area contributed by atoms with E-state index in [9.17, 15) is 24.9 Å². The van der Waals surface area contributed by atoms with Gasteiger partial charge in [0.05, 0.1) is 17.8 Å². The molecule has 3 N–H and O–H groups in total. The maximum absolute atomic E-state index is 12.3. The Balaban J connectivity index is 1.78. The van der Waals surface area contributed by atoms with E-state index in [2.05, 4.69) is 6.08 Å². The van der Waals surface area contributed by atoms with E-state index in [1.54, 1.807) is 6.92 Å². The lowest BCUT2D eigenvalue weighted by molar-refractivity contribution is -0.229. The largest absolute Gasteiger partial charge is 0.465 e. The number of hydrogen-bond donors (Lipinski definition) is 3. The number of esters is 1. The summed E-state index contributed by atoms with van der Waals surface area (Å²) in [6.07, 6.45) is 4.99. The third-order valence-corrected chi connectivity index (χ3v) is 9.11. The van der Waals surface area contributed by atoms with Crippen LogP contribution in [0.4, 0.5) is 0 Å². The van der Waals surface area contributed by atoms with Gasteiger partial charge in [-0.2, -0.15) is 0 Å². The van der Waals surface area contributed by atoms with Crippen molar-refractivity contribution in [2.24, 2.45) is 28.6 Å². The van der Waals surface area contributed by atoms with Crippen molar-refractivity contribution in [2.45, 2.75) is 83.5 Å². The molecule has 0 bridgehead atoms. The molecular formula is C23H34O6. The first-order valence-electron chi connectivity index (χ1n) is 11.0. The van der Waals surface area contributed by atoms with Crippen molar-refractivity contribution in [3.8, 4) is 0 Å². The molecule has 0 aromatic heterocycles. The Hall–Kier alpha value is -1.24. The maximum Gasteiger partial charge on any atom is 0.302 e. The van der Waals surface area contributed by atoms with Crippen LogP contribution in [0.5, 0.6) is 0 Å². The summed E-state index contributed by atoms with van der Waals surface area (Å²) in [5, 5.41) is 33.5. The average molecular weight is 407 g/mol. The summed E-state index contributed by atoms with van der Waals surface area (Å²) < 4.78 is 5.51. The second-order valence-electron chi connectivity index (χ2n) is 10.2. The smallest absolute Gasteiger partial charge is 0.302 e. The third-order valence-electron chi connectivity index (χ3n) is 9.11. The van der Waals surface area contributed by atoms with Gasteiger partial charge < -0.3 is 20.1 Å². The van der Waals surface area contributed by atoms with Crippen LogP contribution in [0.1, 0.15) is 65.7 Å². The molecule has 3 saturated carbocycles. The van der Waals surface area contributed by atoms with E-state index in [4.69, 9.17) is 4.74 Å². The van der Waals surface area contributed by atoms with Crippen molar-refractivity contribution in [1.82, 2.24) is 0 Å². The van der Waals surface area contributed by atoms with Crippen LogP contribution < -0.4 is 0 Å². The van der Waals surface area contributed by atoms with Crippen LogP contribution in [0.2, 0.25) is 0 Å². The summed E-state index contributed by atoms with van der Waals surface area (Å²) in [5.41, 5.74) is -1.35. The Morgan fingerprint density at radius 2 is 1.90 bits per heavy atom. The van der Waals surface area contributed by atoms with E-state index < -0.39 is 28.6 Å². The molecule has 8 atom stereocenters. The molecule has 0 aromatic carbocycles. The van der Waals surface area contributed by atoms with Gasteiger partial charge >= 0.3 is 5.97 Å². The van der Waals surface area contributed by atoms with Crippen LogP contribution >= 0.6 is 0 Å². The summed E-state index contributed by atoms with van der Waals surface area (Å²) in [4.78, 5) is 24.0. The van der Waals surface area contributed by atoms with E-state index in [-0.39, 0.29) is 36.1 Å². The first-order chi connectivity index (χ1) is 13.6. The highest BCUT2D eigenvalue weighted by atomic mass is 16.5. The molecule has 6 heteroatoms. The Labute approximate surface area is 172 Å². The summed E-state index contributed by atoms with van der Waals surface area (Å²) >= 11 is 0. The van der Waals surface area contributed by atoms with E-state index >= 15 is 0 Å². The van der Waals surface area contributed by atoms with E-state index in [1.165, 1.54) is 6.92 Å². The summed E-state index contributed by atoms with van der Waals surface area (Å²) in [5.74, 6) is -0.804. The van der Waals surface area contributed by atoms with Crippen molar-refractivity contribution in [3.05, 3.63) is 11.6 Å². The molecule has 6 nitrogen and oxygen atoms in total. The molecule has 0 spiro atoms. The second-order valence-corrected chi connectivity index (χ2v) is 10.2. The lowest BCUT2D eigenvalue weighted by atomic mass is 9.44. The summed E-state index contributed by atoms with van der Waals surface area (Å²) in [6, 6.07) is 0. The molecule has 0 radical (unpaired) electrons. The molecule has 0 amide bonds. The zero-order chi connectivity index (χ0) is 21.2. The van der Waals surface area contributed by atoms with Crippen molar-refractivity contribution < 1.29 is 29.6 Å². The Morgan fingerprint density at radius 3 is 2.55 bits per heavy atom. The van der Waals surface area contributed by atoms with Gasteiger partial charge in [-0.1, -0.05) is 18.6 Å². The molecule has 3 fully saturated rings. The number of aliphatic hydroxyl groups is 3. The summed E-state index contributed by atoms with van der Waals surface area (Å²) in [6.45, 7) is 5.06. The number of ketones is 1. The van der Waals surface area contributed by atoms with Crippen molar-refractivity contribution in [1.29, 1.82) is 0 Å². The van der Waals surface area contributed by atoms with E-state index in [0.717, 1.165) is 5.57 Å². The van der Waals surface area contributed by atoms with Gasteiger partial charge in [-0.15, -0.1) is 0 Å². The fraction of sp³-hybridized carbons (Fsp3) is 0.826. The topological polar surface area (TPSA) is 104 Å². The van der Waals surface area contributed by atoms with Gasteiger partial charge in [0.25, 0.3) is 0 Å². The third kappa shape index (κ3) is 2.78. The van der Waals surface area contributed by atoms with Crippen molar-refractivity contribution in [2.75, 3.05) is 6.61 Å². The zero-order valence-electron chi connectivity index (χ0n) is 17.7. The van der Waals surface area contributed by atoms with E-state index in [0.29, 0.717) is 44.9 Å². The Morgan fingerprint density at radius 1 is 1.17 bits per heavy atom. The SMILES string of the molecule is CC(=O)OC[C@]12CC[C@H](O)CC1=CC[C@@H]1[C@@H]2C[C@@H](O)[C@]2(C)[C@@H](C(C)=O)CC[C@]12O. The Bertz CT molecular complexity index is 746. The van der Waals surface area contributed by atoms with Crippen LogP contribution in [0.15, 0.2) is 11.6 Å². The van der Waals surface area contributed by atoms with E-state index in [1.807, 2.05) is 6.92 Å². The van der Waals surface area contributed by atoms with Crippen LogP contribution in [-0.4, -0.2) is 51.5 Å². The number of carbonyl (C=O) groups excluding carboxylic acids is 2. The minimum absolute atomic E-state index is 0.0309. The molecule has 162 valence electrons. The second kappa shape index (κ2) is 6.89. The normalized spacial score (nSPS) is 48.8. The molecule has 4 aliphatic carbocycles. The minimum Gasteiger partial charge on any atom is -0.465 e. The van der Waals surface area contributed by atoms with Gasteiger partial charge in [-0.25, -0.2) is 0 Å². The number of aliphatic hydroxyl groups excluding tert-OH is 2. The number of rotatable bonds is 3. The molecule has 29 heavy (non-hydrogen) atoms. The molecule has 0 heterocycles. The molecular weight excluding hydrogens is 372 g/mol. The monoisotopic (exact) mass is 406 g/mol. The van der Waals surface area contributed by atoms with Gasteiger partial charge in [0.1, 0.15) is 12.4 Å². The summed E-state index contributed by atoms with van der Waals surface area (Å²) in [7, 11) is 0. The molecule has 0 aliphatic heterocycles. The predicted molar refractivity (Wildman–Crippen MR) is 106 cm³/mol. The molecule has 4 aliphatic rings. The van der Waals surface area contributed by atoms with Gasteiger partial charge in [-0.05, 0) is 63.7 Å². The van der Waals surface area contributed by atoms with Gasteiger partial charge in [0, 0.05) is 23.7 Å². The fourth-order valence-corrected chi connectivity index (χ4v) is 7.54. The van der Waals surface area contributed by atoms with Crippen LogP contribution in [-0.2, 0) is 14.3 Å². The van der Waals surface area contributed by atoms with Crippen molar-refractivity contribution in [3.63, 3.8) is 0 Å². The molecule has 0 saturated heterocycles. The first-order valence-corrected chi connectivity index (χ1v) is 11.0. The van der Waals surface area contributed by atoms with Gasteiger partial charge in [-0.3, -0.25) is 9.59 Å². The fourth-order valence-electron chi connectivity index (χ4n) is 7.54. The average Bonchev–Trinajstić information content (AvgIpc) is 2.94. The standard InChI is InChI=1S/C23H34O6/c1-13(24)17-7-9-23(28)18-5-4-15-10-16(26)6-8-22(15,12-29-14(2)25)19(18)11-20(27)21(17,23)3/h4,16-20,26-28H,5-12H2,1-3H3/t16-,17+,18+,19-,20+,21-,22+,23-/m0/s1. The number of Topliss-reactive ketones (excluding diaryl/α,β-unsaturated/α-hetero) is 1. The molecule has 4 rings (SSSR count). The molecule has 0 aromatic rings. The molecule has 0 unspecified atom stereocenters. The zero-order valence-corrected chi connectivity index (χ0v) is 17.7. The highest BCUT2D eigenvalue weighted by Gasteiger charge is 2.70. The van der Waals surface area contributed by atoms with Crippen LogP contribution in [0.25, 0.3) is 0 Å². The van der Waals surface area contributed by atoms with Crippen molar-refractivity contribution >= 4 is 11.8 Å².